The van der Waals surface area contributed by atoms with Crippen LogP contribution in [0.1, 0.15) is 52.3 Å². The topological polar surface area (TPSA) is 128 Å². The first-order valence-corrected chi connectivity index (χ1v) is 9.07. The van der Waals surface area contributed by atoms with Crippen LogP contribution in [0.4, 0.5) is 0 Å². The third-order valence-corrected chi connectivity index (χ3v) is 4.15. The number of aryl methyl sites for hydroxylation is 2. The van der Waals surface area contributed by atoms with Gasteiger partial charge < -0.3 is 19.4 Å². The van der Waals surface area contributed by atoms with E-state index in [0.29, 0.717) is 43.3 Å². The summed E-state index contributed by atoms with van der Waals surface area (Å²) in [6, 6.07) is 3.23. The quantitative estimate of drug-likeness (QED) is 0.506. The first-order valence-electron chi connectivity index (χ1n) is 9.07. The number of aromatic carboxylic acids is 1. The SMILES string of the molecule is CCc1nc(C(=O)NCCCCn2cc(Cn3cccc3C(=O)O)nn2)co1. The van der Waals surface area contributed by atoms with E-state index in [9.17, 15) is 9.59 Å². The molecule has 0 saturated carbocycles. The highest BCUT2D eigenvalue weighted by Gasteiger charge is 2.11. The van der Waals surface area contributed by atoms with Gasteiger partial charge in [0.2, 0.25) is 0 Å². The molecule has 0 aliphatic heterocycles. The Kier molecular flexibility index (Phi) is 6.20. The number of carbonyl (C=O) groups is 2. The predicted octanol–water partition coefficient (Wildman–Crippen LogP) is 1.59. The lowest BCUT2D eigenvalue weighted by atomic mass is 10.3. The van der Waals surface area contributed by atoms with Crippen LogP contribution in [0, 0.1) is 0 Å². The number of carboxylic acids is 1. The fourth-order valence-corrected chi connectivity index (χ4v) is 2.71. The second-order valence-electron chi connectivity index (χ2n) is 6.24. The molecular formula is C18H22N6O4. The Labute approximate surface area is 161 Å². The molecule has 0 radical (unpaired) electrons. The lowest BCUT2D eigenvalue weighted by Gasteiger charge is -2.03. The van der Waals surface area contributed by atoms with Crippen molar-refractivity contribution in [1.29, 1.82) is 0 Å². The molecular weight excluding hydrogens is 364 g/mol. The Hall–Kier alpha value is -3.43. The van der Waals surface area contributed by atoms with Gasteiger partial charge in [-0.15, -0.1) is 5.10 Å². The first kappa shape index (κ1) is 19.3. The van der Waals surface area contributed by atoms with E-state index in [1.165, 1.54) is 6.26 Å². The van der Waals surface area contributed by atoms with E-state index < -0.39 is 5.97 Å². The number of nitrogens with one attached hydrogen (secondary N) is 1. The molecule has 0 aliphatic carbocycles. The van der Waals surface area contributed by atoms with E-state index in [-0.39, 0.29) is 11.6 Å². The maximum absolute atomic E-state index is 11.9. The van der Waals surface area contributed by atoms with E-state index >= 15 is 0 Å². The Morgan fingerprint density at radius 3 is 2.93 bits per heavy atom. The zero-order chi connectivity index (χ0) is 19.9. The van der Waals surface area contributed by atoms with Crippen molar-refractivity contribution < 1.29 is 19.1 Å². The molecule has 28 heavy (non-hydrogen) atoms. The zero-order valence-electron chi connectivity index (χ0n) is 15.5. The molecule has 0 aliphatic rings. The Morgan fingerprint density at radius 2 is 2.18 bits per heavy atom. The molecule has 10 heteroatoms. The molecule has 0 saturated heterocycles. The number of hydrogen-bond acceptors (Lipinski definition) is 6. The van der Waals surface area contributed by atoms with Gasteiger partial charge in [0.05, 0.1) is 12.7 Å². The van der Waals surface area contributed by atoms with Crippen molar-refractivity contribution in [3.05, 3.63) is 53.8 Å². The van der Waals surface area contributed by atoms with Crippen LogP contribution in [0.3, 0.4) is 0 Å². The molecule has 3 aromatic rings. The molecule has 3 rings (SSSR count). The number of unbranched alkanes of at least 4 members (excludes halogenated alkanes) is 1. The number of amides is 1. The van der Waals surface area contributed by atoms with E-state index in [1.807, 2.05) is 6.92 Å². The monoisotopic (exact) mass is 386 g/mol. The summed E-state index contributed by atoms with van der Waals surface area (Å²) < 4.78 is 8.48. The fourth-order valence-electron chi connectivity index (χ4n) is 2.71. The van der Waals surface area contributed by atoms with Gasteiger partial charge >= 0.3 is 5.97 Å². The minimum Gasteiger partial charge on any atom is -0.477 e. The van der Waals surface area contributed by atoms with E-state index in [4.69, 9.17) is 9.52 Å². The number of carbonyl (C=O) groups excluding carboxylic acids is 1. The first-order chi connectivity index (χ1) is 13.6. The van der Waals surface area contributed by atoms with Gasteiger partial charge in [-0.2, -0.15) is 0 Å². The van der Waals surface area contributed by atoms with Crippen LogP contribution in [0.2, 0.25) is 0 Å². The maximum Gasteiger partial charge on any atom is 0.352 e. The Morgan fingerprint density at radius 1 is 1.32 bits per heavy atom. The highest BCUT2D eigenvalue weighted by Crippen LogP contribution is 2.07. The third kappa shape index (κ3) is 4.84. The molecule has 0 fully saturated rings. The van der Waals surface area contributed by atoms with Gasteiger partial charge in [-0.3, -0.25) is 9.48 Å². The normalized spacial score (nSPS) is 10.9. The summed E-state index contributed by atoms with van der Waals surface area (Å²) in [5.41, 5.74) is 1.19. The Bertz CT molecular complexity index is 941. The number of carboxylic acid groups (broad SMARTS) is 1. The van der Waals surface area contributed by atoms with Crippen molar-refractivity contribution in [1.82, 2.24) is 29.9 Å². The molecule has 3 aromatic heterocycles. The molecule has 10 nitrogen and oxygen atoms in total. The lowest BCUT2D eigenvalue weighted by molar-refractivity contribution is 0.0685. The molecule has 0 aromatic carbocycles. The molecule has 148 valence electrons. The van der Waals surface area contributed by atoms with E-state index in [0.717, 1.165) is 12.8 Å². The molecule has 0 bridgehead atoms. The summed E-state index contributed by atoms with van der Waals surface area (Å²) in [6.07, 6.45) is 7.10. The lowest BCUT2D eigenvalue weighted by Crippen LogP contribution is -2.25. The van der Waals surface area contributed by atoms with E-state index in [2.05, 4.69) is 20.6 Å². The van der Waals surface area contributed by atoms with Gasteiger partial charge in [0.15, 0.2) is 11.6 Å². The molecule has 2 N–H and O–H groups in total. The fraction of sp³-hybridized carbons (Fsp3) is 0.389. The van der Waals surface area contributed by atoms with Crippen molar-refractivity contribution in [3.8, 4) is 0 Å². The summed E-state index contributed by atoms with van der Waals surface area (Å²) in [5, 5.41) is 20.1. The minimum absolute atomic E-state index is 0.212. The van der Waals surface area contributed by atoms with Crippen LogP contribution in [0.25, 0.3) is 0 Å². The molecule has 0 atom stereocenters. The summed E-state index contributed by atoms with van der Waals surface area (Å²) in [6.45, 7) is 3.44. The van der Waals surface area contributed by atoms with Gasteiger partial charge in [-0.1, -0.05) is 12.1 Å². The summed E-state index contributed by atoms with van der Waals surface area (Å²) in [5.74, 6) is -0.675. The van der Waals surface area contributed by atoms with Crippen LogP contribution in [0.5, 0.6) is 0 Å². The maximum atomic E-state index is 11.9. The smallest absolute Gasteiger partial charge is 0.352 e. The van der Waals surface area contributed by atoms with Crippen LogP contribution >= 0.6 is 0 Å². The van der Waals surface area contributed by atoms with Gasteiger partial charge in [-0.05, 0) is 25.0 Å². The van der Waals surface area contributed by atoms with Crippen LogP contribution < -0.4 is 5.32 Å². The van der Waals surface area contributed by atoms with Crippen LogP contribution in [-0.4, -0.2) is 48.1 Å². The highest BCUT2D eigenvalue weighted by molar-refractivity contribution is 5.91. The standard InChI is InChI=1S/C18H22N6O4/c1-2-16-20-14(12-28-16)17(25)19-7-3-4-9-24-11-13(21-22-24)10-23-8-5-6-15(23)18(26)27/h5-6,8,11-12H,2-4,7,9-10H2,1H3,(H,19,25)(H,26,27). The number of aromatic nitrogens is 5. The van der Waals surface area contributed by atoms with Gasteiger partial charge in [0.1, 0.15) is 17.7 Å². The van der Waals surface area contributed by atoms with Crippen molar-refractivity contribution in [3.63, 3.8) is 0 Å². The van der Waals surface area contributed by atoms with Crippen LogP contribution in [-0.2, 0) is 19.5 Å². The predicted molar refractivity (Wildman–Crippen MR) is 98.0 cm³/mol. The van der Waals surface area contributed by atoms with Gasteiger partial charge in [0, 0.05) is 25.7 Å². The van der Waals surface area contributed by atoms with Crippen molar-refractivity contribution >= 4 is 11.9 Å². The number of rotatable bonds is 10. The average Bonchev–Trinajstić information content (AvgIpc) is 3.42. The number of oxazole rings is 1. The van der Waals surface area contributed by atoms with E-state index in [1.54, 1.807) is 33.8 Å². The zero-order valence-corrected chi connectivity index (χ0v) is 15.5. The molecule has 3 heterocycles. The second-order valence-corrected chi connectivity index (χ2v) is 6.24. The molecule has 0 spiro atoms. The molecule has 1 amide bonds. The van der Waals surface area contributed by atoms with Gasteiger partial charge in [-0.25, -0.2) is 9.78 Å². The average molecular weight is 386 g/mol. The Balaban J connectivity index is 1.39. The van der Waals surface area contributed by atoms with Crippen LogP contribution in [0.15, 0.2) is 35.2 Å². The van der Waals surface area contributed by atoms with Crippen molar-refractivity contribution in [2.75, 3.05) is 6.54 Å². The van der Waals surface area contributed by atoms with Gasteiger partial charge in [0.25, 0.3) is 5.91 Å². The summed E-state index contributed by atoms with van der Waals surface area (Å²) >= 11 is 0. The molecule has 0 unspecified atom stereocenters. The minimum atomic E-state index is -0.976. The van der Waals surface area contributed by atoms with Crippen molar-refractivity contribution in [2.45, 2.75) is 39.3 Å². The second kappa shape index (κ2) is 8.98. The largest absolute Gasteiger partial charge is 0.477 e. The number of hydrogen-bond donors (Lipinski definition) is 2. The summed E-state index contributed by atoms with van der Waals surface area (Å²) in [7, 11) is 0. The third-order valence-electron chi connectivity index (χ3n) is 4.15. The summed E-state index contributed by atoms with van der Waals surface area (Å²) in [4.78, 5) is 27.2. The van der Waals surface area contributed by atoms with Crippen molar-refractivity contribution in [2.24, 2.45) is 0 Å². The number of nitrogens with zero attached hydrogens (tertiary/aromatic N) is 5. The highest BCUT2D eigenvalue weighted by atomic mass is 16.4.